The third-order valence-corrected chi connectivity index (χ3v) is 9.75. The number of fused-ring (bicyclic) bond motifs is 2. The molecule has 1 fully saturated rings. The zero-order chi connectivity index (χ0) is 40.4. The number of aromatic nitrogens is 7. The van der Waals surface area contributed by atoms with Crippen LogP contribution in [-0.4, -0.2) is 77.2 Å². The van der Waals surface area contributed by atoms with E-state index in [1.807, 2.05) is 32.9 Å². The molecule has 1 saturated heterocycles. The van der Waals surface area contributed by atoms with Gasteiger partial charge in [-0.3, -0.25) is 34.5 Å². The van der Waals surface area contributed by atoms with Crippen molar-refractivity contribution in [2.24, 2.45) is 17.4 Å². The Labute approximate surface area is 326 Å². The molecule has 57 heavy (non-hydrogen) atoms. The van der Waals surface area contributed by atoms with Crippen molar-refractivity contribution in [3.05, 3.63) is 88.4 Å². The van der Waals surface area contributed by atoms with Gasteiger partial charge in [0.25, 0.3) is 11.8 Å². The summed E-state index contributed by atoms with van der Waals surface area (Å²) in [4.78, 5) is 65.2. The highest BCUT2D eigenvalue weighted by Gasteiger charge is 2.24. The number of nitrogens with two attached hydrogens (primary N) is 2. The highest BCUT2D eigenvalue weighted by molar-refractivity contribution is 6.05. The van der Waals surface area contributed by atoms with Crippen LogP contribution < -0.4 is 32.2 Å². The van der Waals surface area contributed by atoms with Gasteiger partial charge in [-0.05, 0) is 82.1 Å². The van der Waals surface area contributed by atoms with Crippen molar-refractivity contribution in [1.82, 2.24) is 39.2 Å². The first-order valence-corrected chi connectivity index (χ1v) is 18.7. The van der Waals surface area contributed by atoms with Gasteiger partial charge in [0.15, 0.2) is 5.89 Å². The molecule has 0 spiro atoms. The van der Waals surface area contributed by atoms with Crippen LogP contribution in [0.2, 0.25) is 0 Å². The van der Waals surface area contributed by atoms with Gasteiger partial charge in [0, 0.05) is 37.7 Å². The molecule has 5 heterocycles. The van der Waals surface area contributed by atoms with Crippen LogP contribution in [0.4, 0.5) is 11.9 Å². The highest BCUT2D eigenvalue weighted by atomic mass is 16.5. The number of benzene rings is 2. The Morgan fingerprint density at radius 1 is 0.895 bits per heavy atom. The van der Waals surface area contributed by atoms with E-state index in [1.165, 1.54) is 0 Å². The van der Waals surface area contributed by atoms with Crippen LogP contribution in [0.5, 0.6) is 5.75 Å². The first kappa shape index (κ1) is 38.5. The second kappa shape index (κ2) is 16.1. The average molecular weight is 777 g/mol. The lowest BCUT2D eigenvalue weighted by Gasteiger charge is -2.26. The molecule has 0 radical (unpaired) electrons. The van der Waals surface area contributed by atoms with Gasteiger partial charge in [-0.15, -0.1) is 0 Å². The average Bonchev–Trinajstić information content (AvgIpc) is 3.92. The van der Waals surface area contributed by atoms with Gasteiger partial charge in [-0.2, -0.15) is 5.10 Å². The number of aryl methyl sites for hydroxylation is 4. The van der Waals surface area contributed by atoms with E-state index in [4.69, 9.17) is 25.6 Å². The molecule has 18 heteroatoms. The van der Waals surface area contributed by atoms with Crippen molar-refractivity contribution in [2.45, 2.75) is 60.2 Å². The number of imidazole rings is 2. The fraction of sp³-hybridized carbons (Fsp3) is 0.333. The molecule has 1 aliphatic heterocycles. The van der Waals surface area contributed by atoms with E-state index >= 15 is 0 Å². The van der Waals surface area contributed by atoms with Crippen LogP contribution in [-0.2, 0) is 26.1 Å². The summed E-state index contributed by atoms with van der Waals surface area (Å²) >= 11 is 0. The van der Waals surface area contributed by atoms with Crippen LogP contribution in [0.1, 0.15) is 79.3 Å². The number of rotatable bonds is 16. The van der Waals surface area contributed by atoms with Crippen LogP contribution >= 0.6 is 0 Å². The maximum absolute atomic E-state index is 13.6. The minimum atomic E-state index is -0.651. The SMILES string of the molecule is CCc1nc(C)oc1C(=O)Nc1nc2cc(C(N)=O)cc(OCCC3CNC3)c2n1C/C=C/Cn1c(NC(=O)c2cc(C)nn2CC)nc2cc(C(N)=O)ccc21. The van der Waals surface area contributed by atoms with Gasteiger partial charge in [-0.25, -0.2) is 15.0 Å². The van der Waals surface area contributed by atoms with Crippen molar-refractivity contribution >= 4 is 57.6 Å². The summed E-state index contributed by atoms with van der Waals surface area (Å²) in [6.07, 6.45) is 5.01. The predicted octanol–water partition coefficient (Wildman–Crippen LogP) is 3.72. The smallest absolute Gasteiger partial charge is 0.295 e. The standard InChI is InChI=1S/C39H44N12O6/c1-5-26-33(57-22(4)43-26)37(55)47-39-45-28-17-25(35(41)53)18-31(56-14-11-23-19-42-20-23)32(28)50(39)13-8-7-12-49-29-10-9-24(34(40)52)16-27(29)44-38(49)46-36(54)30-15-21(3)48-51(30)6-2/h7-10,15-18,23,42H,5-6,11-14,19-20H2,1-4H3,(H2,40,52)(H2,41,53)(H,44,46,54)(H,45,47,55)/b8-7+. The minimum Gasteiger partial charge on any atom is -0.491 e. The molecule has 7 rings (SSSR count). The van der Waals surface area contributed by atoms with E-state index < -0.39 is 23.6 Å². The number of carbonyl (C=O) groups is 4. The number of ether oxygens (including phenoxy) is 1. The fourth-order valence-electron chi connectivity index (χ4n) is 6.75. The molecule has 2 aromatic carbocycles. The molecule has 18 nitrogen and oxygen atoms in total. The third-order valence-electron chi connectivity index (χ3n) is 9.75. The second-order valence-electron chi connectivity index (χ2n) is 13.8. The number of carbonyl (C=O) groups excluding carboxylic acids is 4. The van der Waals surface area contributed by atoms with E-state index in [0.29, 0.717) is 76.3 Å². The van der Waals surface area contributed by atoms with Crippen molar-refractivity contribution in [2.75, 3.05) is 30.3 Å². The minimum absolute atomic E-state index is 0.0748. The molecule has 0 unspecified atom stereocenters. The number of primary amides is 2. The fourth-order valence-corrected chi connectivity index (χ4v) is 6.75. The second-order valence-corrected chi connectivity index (χ2v) is 13.8. The molecule has 296 valence electrons. The molecule has 6 aromatic rings. The molecule has 0 atom stereocenters. The summed E-state index contributed by atoms with van der Waals surface area (Å²) < 4.78 is 17.1. The predicted molar refractivity (Wildman–Crippen MR) is 211 cm³/mol. The lowest BCUT2D eigenvalue weighted by Crippen LogP contribution is -2.42. The summed E-state index contributed by atoms with van der Waals surface area (Å²) in [5, 5.41) is 13.4. The third kappa shape index (κ3) is 7.97. The molecule has 0 saturated carbocycles. The van der Waals surface area contributed by atoms with Crippen LogP contribution in [0.3, 0.4) is 0 Å². The number of hydrogen-bond donors (Lipinski definition) is 5. The van der Waals surface area contributed by atoms with Crippen LogP contribution in [0.25, 0.3) is 22.1 Å². The van der Waals surface area contributed by atoms with Gasteiger partial charge in [0.05, 0.1) is 34.5 Å². The molecule has 1 aliphatic rings. The molecular formula is C39H44N12O6. The molecular weight excluding hydrogens is 733 g/mol. The molecule has 0 bridgehead atoms. The number of amides is 4. The molecule has 7 N–H and O–H groups in total. The molecule has 0 aliphatic carbocycles. The van der Waals surface area contributed by atoms with Gasteiger partial charge < -0.3 is 35.1 Å². The first-order valence-electron chi connectivity index (χ1n) is 18.7. The van der Waals surface area contributed by atoms with Crippen molar-refractivity contribution in [3.8, 4) is 5.75 Å². The number of nitrogens with zero attached hydrogens (tertiary/aromatic N) is 7. The van der Waals surface area contributed by atoms with Gasteiger partial charge in [0.2, 0.25) is 29.5 Å². The Kier molecular flexibility index (Phi) is 10.9. The monoisotopic (exact) mass is 776 g/mol. The van der Waals surface area contributed by atoms with Crippen LogP contribution in [0, 0.1) is 19.8 Å². The summed E-state index contributed by atoms with van der Waals surface area (Å²) in [5.41, 5.74) is 15.4. The number of hydrogen-bond acceptors (Lipinski definition) is 11. The Morgan fingerprint density at radius 2 is 1.58 bits per heavy atom. The molecule has 4 amide bonds. The van der Waals surface area contributed by atoms with E-state index in [-0.39, 0.29) is 41.9 Å². The van der Waals surface area contributed by atoms with Gasteiger partial charge >= 0.3 is 0 Å². The maximum Gasteiger partial charge on any atom is 0.295 e. The number of nitrogens with one attached hydrogen (secondary N) is 3. The Morgan fingerprint density at radius 3 is 2.26 bits per heavy atom. The van der Waals surface area contributed by atoms with Crippen molar-refractivity contribution < 1.29 is 28.3 Å². The zero-order valence-electron chi connectivity index (χ0n) is 32.1. The number of anilines is 2. The lowest BCUT2D eigenvalue weighted by atomic mass is 10.0. The Bertz CT molecular complexity index is 2550. The van der Waals surface area contributed by atoms with Gasteiger partial charge in [-0.1, -0.05) is 19.1 Å². The summed E-state index contributed by atoms with van der Waals surface area (Å²) in [5.74, 6) is -0.476. The Balaban J connectivity index is 1.24. The Hall–Kier alpha value is -6.82. The van der Waals surface area contributed by atoms with E-state index in [9.17, 15) is 19.2 Å². The topological polar surface area (TPSA) is 245 Å². The largest absolute Gasteiger partial charge is 0.491 e. The normalized spacial score (nSPS) is 13.1. The summed E-state index contributed by atoms with van der Waals surface area (Å²) in [6, 6.07) is 9.74. The molecule has 4 aromatic heterocycles. The zero-order valence-corrected chi connectivity index (χ0v) is 32.1. The highest BCUT2D eigenvalue weighted by Crippen LogP contribution is 2.32. The quantitative estimate of drug-likeness (QED) is 0.0887. The van der Waals surface area contributed by atoms with E-state index in [2.05, 4.69) is 31.0 Å². The summed E-state index contributed by atoms with van der Waals surface area (Å²) in [7, 11) is 0. The van der Waals surface area contributed by atoms with Crippen molar-refractivity contribution in [1.29, 1.82) is 0 Å². The van der Waals surface area contributed by atoms with E-state index in [0.717, 1.165) is 19.5 Å². The number of allylic oxidation sites excluding steroid dienone is 2. The number of oxazole rings is 1. The van der Waals surface area contributed by atoms with Crippen molar-refractivity contribution in [3.63, 3.8) is 0 Å². The lowest BCUT2D eigenvalue weighted by molar-refractivity contribution is 0.0987. The first-order chi connectivity index (χ1) is 27.4. The van der Waals surface area contributed by atoms with Crippen LogP contribution in [0.15, 0.2) is 53.0 Å². The maximum atomic E-state index is 13.6. The van der Waals surface area contributed by atoms with E-state index in [1.54, 1.807) is 57.1 Å². The summed E-state index contributed by atoms with van der Waals surface area (Å²) in [6.45, 7) is 10.4. The van der Waals surface area contributed by atoms with Gasteiger partial charge in [0.1, 0.15) is 17.0 Å².